The van der Waals surface area contributed by atoms with Gasteiger partial charge in [0, 0.05) is 19.1 Å². The highest BCUT2D eigenvalue weighted by Gasteiger charge is 2.39. The van der Waals surface area contributed by atoms with Crippen LogP contribution in [0.1, 0.15) is 39.5 Å². The monoisotopic (exact) mass is 240 g/mol. The summed E-state index contributed by atoms with van der Waals surface area (Å²) < 4.78 is 5.00. The fourth-order valence-electron chi connectivity index (χ4n) is 3.07. The van der Waals surface area contributed by atoms with E-state index in [4.69, 9.17) is 10.5 Å². The van der Waals surface area contributed by atoms with Crippen LogP contribution < -0.4 is 5.73 Å². The van der Waals surface area contributed by atoms with Crippen molar-refractivity contribution in [3.8, 4) is 0 Å². The van der Waals surface area contributed by atoms with Gasteiger partial charge >= 0.3 is 5.97 Å². The van der Waals surface area contributed by atoms with E-state index >= 15 is 0 Å². The Labute approximate surface area is 103 Å². The second kappa shape index (κ2) is 4.94. The Morgan fingerprint density at radius 1 is 1.53 bits per heavy atom. The summed E-state index contributed by atoms with van der Waals surface area (Å²) in [5, 5.41) is 0. The Hall–Kier alpha value is -0.610. The van der Waals surface area contributed by atoms with E-state index in [1.165, 1.54) is 25.8 Å². The Morgan fingerprint density at radius 3 is 2.82 bits per heavy atom. The summed E-state index contributed by atoms with van der Waals surface area (Å²) in [6.45, 7) is 6.11. The molecule has 0 radical (unpaired) electrons. The molecular weight excluding hydrogens is 216 g/mol. The van der Waals surface area contributed by atoms with Gasteiger partial charge in [0.05, 0.1) is 6.61 Å². The van der Waals surface area contributed by atoms with Crippen molar-refractivity contribution in [3.05, 3.63) is 0 Å². The van der Waals surface area contributed by atoms with Gasteiger partial charge in [-0.05, 0) is 45.4 Å². The molecule has 0 aromatic heterocycles. The number of piperidine rings is 1. The summed E-state index contributed by atoms with van der Waals surface area (Å²) in [6, 6.07) is 0.748. The van der Waals surface area contributed by atoms with Gasteiger partial charge in [0.2, 0.25) is 0 Å². The maximum atomic E-state index is 11.7. The van der Waals surface area contributed by atoms with Crippen LogP contribution in [0.4, 0.5) is 0 Å². The maximum absolute atomic E-state index is 11.7. The summed E-state index contributed by atoms with van der Waals surface area (Å²) in [4.78, 5) is 14.2. The van der Waals surface area contributed by atoms with Crippen molar-refractivity contribution in [1.82, 2.24) is 4.90 Å². The van der Waals surface area contributed by atoms with Gasteiger partial charge in [0.1, 0.15) is 5.54 Å². The van der Waals surface area contributed by atoms with E-state index in [-0.39, 0.29) is 5.97 Å². The molecule has 98 valence electrons. The molecule has 1 saturated heterocycles. The predicted octanol–water partition coefficient (Wildman–Crippen LogP) is 1.14. The van der Waals surface area contributed by atoms with Crippen LogP contribution in [0.3, 0.4) is 0 Å². The fraction of sp³-hybridized carbons (Fsp3) is 0.923. The molecule has 3 unspecified atom stereocenters. The third-order valence-electron chi connectivity index (χ3n) is 4.18. The van der Waals surface area contributed by atoms with Gasteiger partial charge in [-0.25, -0.2) is 0 Å². The lowest BCUT2D eigenvalue weighted by Crippen LogP contribution is -2.49. The van der Waals surface area contributed by atoms with Crippen LogP contribution in [-0.4, -0.2) is 42.1 Å². The molecular formula is C13H24N2O2. The smallest absolute Gasteiger partial charge is 0.325 e. The largest absolute Gasteiger partial charge is 0.465 e. The number of nitrogens with zero attached hydrogens (tertiary/aromatic N) is 1. The molecule has 17 heavy (non-hydrogen) atoms. The van der Waals surface area contributed by atoms with Crippen molar-refractivity contribution in [2.45, 2.75) is 51.1 Å². The van der Waals surface area contributed by atoms with E-state index in [0.717, 1.165) is 18.5 Å². The normalized spacial score (nSPS) is 31.5. The van der Waals surface area contributed by atoms with Crippen molar-refractivity contribution in [3.63, 3.8) is 0 Å². The van der Waals surface area contributed by atoms with Crippen molar-refractivity contribution < 1.29 is 9.53 Å². The van der Waals surface area contributed by atoms with Gasteiger partial charge in [0.15, 0.2) is 0 Å². The number of ether oxygens (including phenoxy) is 1. The van der Waals surface area contributed by atoms with Crippen LogP contribution in [0.25, 0.3) is 0 Å². The lowest BCUT2D eigenvalue weighted by molar-refractivity contribution is -0.149. The third kappa shape index (κ3) is 2.80. The van der Waals surface area contributed by atoms with Crippen LogP contribution in [-0.2, 0) is 9.53 Å². The minimum Gasteiger partial charge on any atom is -0.465 e. The SMILES string of the molecule is CCOC(=O)C(C)(N)CCN1CC2CCC1C2. The van der Waals surface area contributed by atoms with E-state index < -0.39 is 5.54 Å². The summed E-state index contributed by atoms with van der Waals surface area (Å²) in [5.74, 6) is 0.621. The van der Waals surface area contributed by atoms with Crippen LogP contribution in [0, 0.1) is 5.92 Å². The van der Waals surface area contributed by atoms with E-state index in [1.54, 1.807) is 6.92 Å². The molecule has 1 aliphatic heterocycles. The van der Waals surface area contributed by atoms with Crippen molar-refractivity contribution in [2.75, 3.05) is 19.7 Å². The summed E-state index contributed by atoms with van der Waals surface area (Å²) in [5.41, 5.74) is 5.19. The van der Waals surface area contributed by atoms with Crippen LogP contribution in [0.5, 0.6) is 0 Å². The summed E-state index contributed by atoms with van der Waals surface area (Å²) in [7, 11) is 0. The van der Waals surface area contributed by atoms with Gasteiger partial charge in [0.25, 0.3) is 0 Å². The Kier molecular flexibility index (Phi) is 3.73. The van der Waals surface area contributed by atoms with Gasteiger partial charge in [-0.2, -0.15) is 0 Å². The topological polar surface area (TPSA) is 55.6 Å². The number of carbonyl (C=O) groups is 1. The van der Waals surface area contributed by atoms with Crippen LogP contribution >= 0.6 is 0 Å². The molecule has 0 aromatic carbocycles. The van der Waals surface area contributed by atoms with E-state index in [2.05, 4.69) is 4.90 Å². The van der Waals surface area contributed by atoms with Gasteiger partial charge in [-0.1, -0.05) is 0 Å². The molecule has 2 N–H and O–H groups in total. The average Bonchev–Trinajstić information content (AvgIpc) is 2.88. The molecule has 0 spiro atoms. The number of hydrogen-bond acceptors (Lipinski definition) is 4. The predicted molar refractivity (Wildman–Crippen MR) is 66.5 cm³/mol. The molecule has 4 heteroatoms. The standard InChI is InChI=1S/C13H24N2O2/c1-3-17-12(16)13(2,14)6-7-15-9-10-4-5-11(15)8-10/h10-11H,3-9,14H2,1-2H3. The number of carbonyl (C=O) groups excluding carboxylic acids is 1. The van der Waals surface area contributed by atoms with Gasteiger partial charge in [-0.15, -0.1) is 0 Å². The fourth-order valence-corrected chi connectivity index (χ4v) is 3.07. The maximum Gasteiger partial charge on any atom is 0.325 e. The Bertz CT molecular complexity index is 291. The zero-order chi connectivity index (χ0) is 12.5. The highest BCUT2D eigenvalue weighted by atomic mass is 16.5. The first-order chi connectivity index (χ1) is 8.03. The average molecular weight is 240 g/mol. The Morgan fingerprint density at radius 2 is 2.29 bits per heavy atom. The molecule has 0 amide bonds. The Balaban J connectivity index is 1.79. The van der Waals surface area contributed by atoms with E-state index in [0.29, 0.717) is 13.0 Å². The lowest BCUT2D eigenvalue weighted by atomic mass is 9.98. The molecule has 1 saturated carbocycles. The van der Waals surface area contributed by atoms with Crippen molar-refractivity contribution in [2.24, 2.45) is 11.7 Å². The second-order valence-electron chi connectivity index (χ2n) is 5.72. The number of hydrogen-bond donors (Lipinski definition) is 1. The molecule has 1 heterocycles. The molecule has 0 aromatic rings. The number of likely N-dealkylation sites (tertiary alicyclic amines) is 1. The van der Waals surface area contributed by atoms with Gasteiger partial charge in [-0.3, -0.25) is 4.79 Å². The second-order valence-corrected chi connectivity index (χ2v) is 5.72. The third-order valence-corrected chi connectivity index (χ3v) is 4.18. The number of esters is 1. The first-order valence-electron chi connectivity index (χ1n) is 6.73. The molecule has 2 fully saturated rings. The van der Waals surface area contributed by atoms with Crippen LogP contribution in [0.15, 0.2) is 0 Å². The highest BCUT2D eigenvalue weighted by Crippen LogP contribution is 2.37. The molecule has 2 bridgehead atoms. The minimum absolute atomic E-state index is 0.274. The number of nitrogens with two attached hydrogens (primary N) is 1. The molecule has 2 aliphatic rings. The summed E-state index contributed by atoms with van der Waals surface area (Å²) in [6.07, 6.45) is 4.75. The molecule has 4 nitrogen and oxygen atoms in total. The first-order valence-corrected chi connectivity index (χ1v) is 6.73. The molecule has 3 atom stereocenters. The van der Waals surface area contributed by atoms with E-state index in [9.17, 15) is 4.79 Å². The summed E-state index contributed by atoms with van der Waals surface area (Å²) >= 11 is 0. The minimum atomic E-state index is -0.835. The number of fused-ring (bicyclic) bond motifs is 2. The number of rotatable bonds is 5. The lowest BCUT2D eigenvalue weighted by Gasteiger charge is -2.30. The van der Waals surface area contributed by atoms with Crippen molar-refractivity contribution in [1.29, 1.82) is 0 Å². The molecule has 1 aliphatic carbocycles. The van der Waals surface area contributed by atoms with E-state index in [1.807, 2.05) is 6.92 Å². The van der Waals surface area contributed by atoms with Crippen LogP contribution in [0.2, 0.25) is 0 Å². The van der Waals surface area contributed by atoms with Crippen molar-refractivity contribution >= 4 is 5.97 Å². The first kappa shape index (κ1) is 12.8. The zero-order valence-electron chi connectivity index (χ0n) is 10.9. The molecule has 2 rings (SSSR count). The highest BCUT2D eigenvalue weighted by molar-refractivity contribution is 5.79. The van der Waals surface area contributed by atoms with Gasteiger partial charge < -0.3 is 15.4 Å². The zero-order valence-corrected chi connectivity index (χ0v) is 10.9. The quantitative estimate of drug-likeness (QED) is 0.732.